The topological polar surface area (TPSA) is 39.5 Å². The lowest BCUT2D eigenvalue weighted by molar-refractivity contribution is 0.171. The van der Waals surface area contributed by atoms with Gasteiger partial charge in [-0.15, -0.1) is 0 Å². The van der Waals surface area contributed by atoms with E-state index < -0.39 is 0 Å². The Kier molecular flexibility index (Phi) is 5.05. The van der Waals surface area contributed by atoms with E-state index in [1.807, 2.05) is 49.4 Å². The number of para-hydroxylation sites is 1. The molecule has 6 heteroatoms. The highest BCUT2D eigenvalue weighted by molar-refractivity contribution is 6.30. The first-order valence-electron chi connectivity index (χ1n) is 8.98. The minimum absolute atomic E-state index is 0.597. The van der Waals surface area contributed by atoms with E-state index in [1.165, 1.54) is 5.56 Å². The molecule has 1 aromatic heterocycles. The van der Waals surface area contributed by atoms with Crippen LogP contribution in [0.4, 0.5) is 0 Å². The van der Waals surface area contributed by atoms with Crippen LogP contribution in [0.25, 0.3) is 5.69 Å². The van der Waals surface area contributed by atoms with Gasteiger partial charge in [0.15, 0.2) is 11.5 Å². The van der Waals surface area contributed by atoms with Crippen LogP contribution in [0.15, 0.2) is 48.5 Å². The molecule has 0 N–H and O–H groups in total. The van der Waals surface area contributed by atoms with Crippen LogP contribution in [0.2, 0.25) is 5.15 Å². The third-order valence-electron chi connectivity index (χ3n) is 4.61. The number of ether oxygens (including phenoxy) is 2. The molecule has 0 amide bonds. The third-order valence-corrected chi connectivity index (χ3v) is 5.00. The molecule has 3 aromatic rings. The monoisotopic (exact) mass is 383 g/mol. The number of aryl methyl sites for hydroxylation is 1. The Labute approximate surface area is 164 Å². The molecule has 5 nitrogen and oxygen atoms in total. The molecule has 2 heterocycles. The molecule has 0 bridgehead atoms. The SMILES string of the molecule is Cc1nn(-c2ccccc2)c(Cl)c1CN(C)Cc1ccc2c(c1)OCCO2. The van der Waals surface area contributed by atoms with E-state index in [1.54, 1.807) is 4.68 Å². The Morgan fingerprint density at radius 1 is 1.04 bits per heavy atom. The first kappa shape index (κ1) is 17.9. The fraction of sp³-hybridized carbons (Fsp3) is 0.286. The number of aromatic nitrogens is 2. The molecular formula is C21H22ClN3O2. The van der Waals surface area contributed by atoms with E-state index in [2.05, 4.69) is 23.1 Å². The molecular weight excluding hydrogens is 362 g/mol. The summed E-state index contributed by atoms with van der Waals surface area (Å²) in [6.07, 6.45) is 0. The molecule has 2 aromatic carbocycles. The Balaban J connectivity index is 1.50. The summed E-state index contributed by atoms with van der Waals surface area (Å²) in [4.78, 5) is 2.22. The Hall–Kier alpha value is -2.50. The summed E-state index contributed by atoms with van der Waals surface area (Å²) in [6, 6.07) is 16.0. The molecule has 0 fully saturated rings. The van der Waals surface area contributed by atoms with E-state index in [4.69, 9.17) is 21.1 Å². The van der Waals surface area contributed by atoms with Crippen LogP contribution >= 0.6 is 11.6 Å². The smallest absolute Gasteiger partial charge is 0.161 e. The van der Waals surface area contributed by atoms with Gasteiger partial charge in [0.25, 0.3) is 0 Å². The standard InChI is InChI=1S/C21H22ClN3O2/c1-15-18(21(22)25(23-15)17-6-4-3-5-7-17)14-24(2)13-16-8-9-19-20(12-16)27-11-10-26-19/h3-9,12H,10-11,13-14H2,1-2H3. The van der Waals surface area contributed by atoms with Gasteiger partial charge < -0.3 is 9.47 Å². The van der Waals surface area contributed by atoms with Gasteiger partial charge in [0.1, 0.15) is 18.4 Å². The lowest BCUT2D eigenvalue weighted by Gasteiger charge is -2.21. The summed E-state index contributed by atoms with van der Waals surface area (Å²) in [5.74, 6) is 1.63. The van der Waals surface area contributed by atoms with Gasteiger partial charge >= 0.3 is 0 Å². The van der Waals surface area contributed by atoms with Gasteiger partial charge in [-0.1, -0.05) is 35.9 Å². The first-order chi connectivity index (χ1) is 13.1. The number of halogens is 1. The number of nitrogens with zero attached hydrogens (tertiary/aromatic N) is 3. The minimum atomic E-state index is 0.597. The molecule has 140 valence electrons. The summed E-state index contributed by atoms with van der Waals surface area (Å²) in [7, 11) is 2.08. The van der Waals surface area contributed by atoms with Crippen molar-refractivity contribution in [1.29, 1.82) is 0 Å². The average Bonchev–Trinajstić information content (AvgIpc) is 2.97. The summed E-state index contributed by atoms with van der Waals surface area (Å²) in [5.41, 5.74) is 4.12. The number of hydrogen-bond acceptors (Lipinski definition) is 4. The van der Waals surface area contributed by atoms with Crippen molar-refractivity contribution in [2.24, 2.45) is 0 Å². The first-order valence-corrected chi connectivity index (χ1v) is 9.36. The number of rotatable bonds is 5. The number of benzene rings is 2. The van der Waals surface area contributed by atoms with Crippen molar-refractivity contribution < 1.29 is 9.47 Å². The van der Waals surface area contributed by atoms with Crippen LogP contribution in [-0.2, 0) is 13.1 Å². The van der Waals surface area contributed by atoms with E-state index in [0.29, 0.717) is 24.9 Å². The van der Waals surface area contributed by atoms with Gasteiger partial charge in [0.05, 0.1) is 11.4 Å². The van der Waals surface area contributed by atoms with E-state index in [-0.39, 0.29) is 0 Å². The van der Waals surface area contributed by atoms with Crippen molar-refractivity contribution in [3.63, 3.8) is 0 Å². The lowest BCUT2D eigenvalue weighted by Crippen LogP contribution is -2.19. The average molecular weight is 384 g/mol. The van der Waals surface area contributed by atoms with Crippen LogP contribution in [0.3, 0.4) is 0 Å². The van der Waals surface area contributed by atoms with E-state index in [9.17, 15) is 0 Å². The van der Waals surface area contributed by atoms with Gasteiger partial charge in [-0.2, -0.15) is 5.10 Å². The highest BCUT2D eigenvalue weighted by atomic mass is 35.5. The fourth-order valence-corrected chi connectivity index (χ4v) is 3.61. The lowest BCUT2D eigenvalue weighted by atomic mass is 10.1. The van der Waals surface area contributed by atoms with Crippen LogP contribution in [0.1, 0.15) is 16.8 Å². The molecule has 27 heavy (non-hydrogen) atoms. The highest BCUT2D eigenvalue weighted by Crippen LogP contribution is 2.31. The summed E-state index contributed by atoms with van der Waals surface area (Å²) < 4.78 is 13.1. The van der Waals surface area contributed by atoms with Crippen molar-refractivity contribution in [2.75, 3.05) is 20.3 Å². The Bertz CT molecular complexity index is 940. The molecule has 0 saturated heterocycles. The predicted octanol–water partition coefficient (Wildman–Crippen LogP) is 4.24. The summed E-state index contributed by atoms with van der Waals surface area (Å²) in [6.45, 7) is 4.70. The Morgan fingerprint density at radius 3 is 2.56 bits per heavy atom. The summed E-state index contributed by atoms with van der Waals surface area (Å²) >= 11 is 6.64. The van der Waals surface area contributed by atoms with Crippen molar-refractivity contribution in [3.05, 3.63) is 70.5 Å². The zero-order valence-electron chi connectivity index (χ0n) is 15.5. The second-order valence-corrected chi connectivity index (χ2v) is 7.11. The molecule has 0 unspecified atom stereocenters. The largest absolute Gasteiger partial charge is 0.486 e. The molecule has 0 spiro atoms. The predicted molar refractivity (Wildman–Crippen MR) is 106 cm³/mol. The van der Waals surface area contributed by atoms with Crippen molar-refractivity contribution >= 4 is 11.6 Å². The van der Waals surface area contributed by atoms with Crippen molar-refractivity contribution in [1.82, 2.24) is 14.7 Å². The number of fused-ring (bicyclic) bond motifs is 1. The molecule has 4 rings (SSSR count). The van der Waals surface area contributed by atoms with Crippen LogP contribution in [-0.4, -0.2) is 34.9 Å². The van der Waals surface area contributed by atoms with Crippen LogP contribution < -0.4 is 9.47 Å². The zero-order chi connectivity index (χ0) is 18.8. The van der Waals surface area contributed by atoms with Crippen LogP contribution in [0, 0.1) is 6.92 Å². The Morgan fingerprint density at radius 2 is 1.78 bits per heavy atom. The van der Waals surface area contributed by atoms with Crippen molar-refractivity contribution in [3.8, 4) is 17.2 Å². The summed E-state index contributed by atoms with van der Waals surface area (Å²) in [5, 5.41) is 5.28. The molecule has 1 aliphatic heterocycles. The molecule has 0 aliphatic carbocycles. The normalized spacial score (nSPS) is 13.2. The van der Waals surface area contributed by atoms with E-state index in [0.717, 1.165) is 35.0 Å². The minimum Gasteiger partial charge on any atom is -0.486 e. The van der Waals surface area contributed by atoms with Crippen molar-refractivity contribution in [2.45, 2.75) is 20.0 Å². The second-order valence-electron chi connectivity index (χ2n) is 6.75. The molecule has 0 saturated carbocycles. The van der Waals surface area contributed by atoms with Gasteiger partial charge in [-0.25, -0.2) is 4.68 Å². The maximum absolute atomic E-state index is 6.64. The molecule has 0 radical (unpaired) electrons. The van der Waals surface area contributed by atoms with Crippen LogP contribution in [0.5, 0.6) is 11.5 Å². The zero-order valence-corrected chi connectivity index (χ0v) is 16.2. The second kappa shape index (κ2) is 7.62. The van der Waals surface area contributed by atoms with Gasteiger partial charge in [-0.05, 0) is 43.8 Å². The van der Waals surface area contributed by atoms with Gasteiger partial charge in [0.2, 0.25) is 0 Å². The molecule has 1 aliphatic rings. The van der Waals surface area contributed by atoms with Gasteiger partial charge in [0, 0.05) is 18.7 Å². The van der Waals surface area contributed by atoms with Gasteiger partial charge in [-0.3, -0.25) is 4.90 Å². The molecule has 0 atom stereocenters. The van der Waals surface area contributed by atoms with E-state index >= 15 is 0 Å². The number of hydrogen-bond donors (Lipinski definition) is 0. The quantitative estimate of drug-likeness (QED) is 0.660. The highest BCUT2D eigenvalue weighted by Gasteiger charge is 2.17. The maximum atomic E-state index is 6.64. The third kappa shape index (κ3) is 3.80. The maximum Gasteiger partial charge on any atom is 0.161 e. The fourth-order valence-electron chi connectivity index (χ4n) is 3.27.